The van der Waals surface area contributed by atoms with Gasteiger partial charge in [-0.1, -0.05) is 62.4 Å². The van der Waals surface area contributed by atoms with Gasteiger partial charge >= 0.3 is 18.1 Å². The van der Waals surface area contributed by atoms with Crippen molar-refractivity contribution in [3.05, 3.63) is 154 Å². The molecule has 8 amide bonds. The minimum Gasteiger partial charge on any atom is -0.493 e. The van der Waals surface area contributed by atoms with E-state index in [0.717, 1.165) is 22.5 Å². The summed E-state index contributed by atoms with van der Waals surface area (Å²) in [4.78, 5) is 116. The number of hydrogen-bond donors (Lipinski definition) is 7. The van der Waals surface area contributed by atoms with Crippen LogP contribution in [0, 0.1) is 5.92 Å². The minimum atomic E-state index is -1.18. The Labute approximate surface area is 572 Å². The molecule has 6 aromatic rings. The molecule has 10 rings (SSSR count). The van der Waals surface area contributed by atoms with E-state index in [-0.39, 0.29) is 102 Å². The highest BCUT2D eigenvalue weighted by Gasteiger charge is 2.39. The molecule has 4 atom stereocenters. The molecular weight excluding hydrogens is 1280 g/mol. The highest BCUT2D eigenvalue weighted by Crippen LogP contribution is 2.43. The van der Waals surface area contributed by atoms with Gasteiger partial charge in [0, 0.05) is 74.1 Å². The number of anilines is 5. The van der Waals surface area contributed by atoms with E-state index < -0.39 is 60.2 Å². The standard InChI is InChI=1S/C72H82N10O17/c1-43(2)66(79-64(83)20-21-65(84)85)68(87)78-55(13-10-22-74-71(73)90)67(86)77-49-18-16-44(17-19-49)40-99-72(91)80(23-24-95-27-28-96-26-25-92-3)50-30-45(41-97-62-36-56-53(34-60(62)93-4)69(88)81-51(38-75-56)32-47-11-6-8-14-58(47)81)29-46(31-50)42-98-63-37-57-54(35-61(63)94-5)70(89)82-52(39-76-57)33-48-12-7-9-15-59(48)82/h6-9,11-12,14-19,29-31,34-38,43,51-52,55,66,76H,10,13,20-28,32-33,39-42H2,1-5H3,(H,77,86)(H,78,87)(H,79,83)(H,84,85)(H3,73,74,90)/t51-,52-,55-,66-/m0/s1. The molecular formula is C72H82N10O17. The van der Waals surface area contributed by atoms with Gasteiger partial charge in [0.1, 0.15) is 31.9 Å². The molecule has 6 aromatic carbocycles. The number of carbonyl (C=O) groups is 8. The van der Waals surface area contributed by atoms with Crippen molar-refractivity contribution in [1.29, 1.82) is 0 Å². The van der Waals surface area contributed by atoms with Gasteiger partial charge < -0.3 is 80.2 Å². The molecule has 522 valence electrons. The molecule has 0 saturated heterocycles. The molecule has 0 aromatic heterocycles. The summed E-state index contributed by atoms with van der Waals surface area (Å²) < 4.78 is 47.7. The number of ether oxygens (including phenoxy) is 8. The first-order chi connectivity index (χ1) is 47.9. The van der Waals surface area contributed by atoms with Gasteiger partial charge in [-0.15, -0.1) is 0 Å². The van der Waals surface area contributed by atoms with Crippen molar-refractivity contribution in [2.24, 2.45) is 16.6 Å². The zero-order chi connectivity index (χ0) is 70.1. The van der Waals surface area contributed by atoms with E-state index in [2.05, 4.69) is 26.6 Å². The van der Waals surface area contributed by atoms with Crippen molar-refractivity contribution in [3.8, 4) is 23.0 Å². The van der Waals surface area contributed by atoms with E-state index >= 15 is 0 Å². The normalized spacial score (nSPS) is 15.3. The molecule has 0 spiro atoms. The van der Waals surface area contributed by atoms with E-state index in [0.29, 0.717) is 100 Å². The number of methoxy groups -OCH3 is 3. The zero-order valence-electron chi connectivity index (χ0n) is 55.8. The summed E-state index contributed by atoms with van der Waals surface area (Å²) in [5.41, 5.74) is 13.2. The summed E-state index contributed by atoms with van der Waals surface area (Å²) in [5, 5.41) is 23.1. The SMILES string of the molecule is COCCOCCOCCN(C(=O)OCc1ccc(NC(=O)[C@H](CCCNC(N)=O)NC(=O)[C@@H](NC(=O)CCC(=O)O)C(C)C)cc1)c1cc(COc2cc3c(cc2OC)C(=O)N2c4ccccc4C[C@H]2C=N3)cc(COc2cc3c(cc2OC)C(=O)N2c4ccccc4C[C@H]2CN3)c1. The maximum Gasteiger partial charge on any atom is 0.414 e. The quantitative estimate of drug-likeness (QED) is 0.0193. The van der Waals surface area contributed by atoms with Crippen molar-refractivity contribution in [2.75, 3.05) is 99.3 Å². The van der Waals surface area contributed by atoms with Crippen LogP contribution in [0.2, 0.25) is 0 Å². The molecule has 27 heteroatoms. The number of rotatable bonds is 33. The molecule has 99 heavy (non-hydrogen) atoms. The fourth-order valence-electron chi connectivity index (χ4n) is 12.1. The molecule has 0 fully saturated rings. The largest absolute Gasteiger partial charge is 0.493 e. The molecule has 4 heterocycles. The van der Waals surface area contributed by atoms with Crippen LogP contribution in [0.3, 0.4) is 0 Å². The van der Waals surface area contributed by atoms with Gasteiger partial charge in [-0.2, -0.15) is 0 Å². The number of urea groups is 1. The van der Waals surface area contributed by atoms with Gasteiger partial charge in [-0.3, -0.25) is 43.6 Å². The van der Waals surface area contributed by atoms with Crippen molar-refractivity contribution in [1.82, 2.24) is 16.0 Å². The summed E-state index contributed by atoms with van der Waals surface area (Å²) in [6.45, 7) is 4.84. The molecule has 4 aliphatic heterocycles. The van der Waals surface area contributed by atoms with E-state index in [4.69, 9.17) is 53.7 Å². The van der Waals surface area contributed by atoms with Crippen LogP contribution in [-0.2, 0) is 70.8 Å². The Morgan fingerprint density at radius 1 is 0.687 bits per heavy atom. The Hall–Kier alpha value is -10.8. The van der Waals surface area contributed by atoms with Crippen molar-refractivity contribution in [3.63, 3.8) is 0 Å². The summed E-state index contributed by atoms with van der Waals surface area (Å²) in [5.74, 6) is -2.73. The molecule has 4 aliphatic rings. The number of fused-ring (bicyclic) bond motifs is 8. The Kier molecular flexibility index (Phi) is 24.0. The predicted octanol–water partition coefficient (Wildman–Crippen LogP) is 7.85. The number of amides is 8. The summed E-state index contributed by atoms with van der Waals surface area (Å²) in [6, 6.07) is 30.8. The molecule has 0 bridgehead atoms. The molecule has 8 N–H and O–H groups in total. The van der Waals surface area contributed by atoms with Gasteiger partial charge in [0.05, 0.1) is 94.8 Å². The van der Waals surface area contributed by atoms with E-state index in [1.54, 1.807) is 92.7 Å². The maximum absolute atomic E-state index is 14.8. The number of carboxylic acids is 1. The lowest BCUT2D eigenvalue weighted by Gasteiger charge is -2.25. The number of nitrogens with two attached hydrogens (primary N) is 1. The van der Waals surface area contributed by atoms with Crippen LogP contribution < -0.4 is 66.0 Å². The number of hydrogen-bond acceptors (Lipinski definition) is 18. The van der Waals surface area contributed by atoms with Gasteiger partial charge in [-0.25, -0.2) is 9.59 Å². The summed E-state index contributed by atoms with van der Waals surface area (Å²) in [6.07, 6.45) is 1.81. The number of para-hydroxylation sites is 2. The molecule has 0 radical (unpaired) electrons. The first-order valence-electron chi connectivity index (χ1n) is 32.7. The summed E-state index contributed by atoms with van der Waals surface area (Å²) in [7, 11) is 4.56. The third kappa shape index (κ3) is 17.9. The third-order valence-corrected chi connectivity index (χ3v) is 17.1. The second-order valence-electron chi connectivity index (χ2n) is 24.3. The molecule has 0 aliphatic carbocycles. The second-order valence-corrected chi connectivity index (χ2v) is 24.3. The van der Waals surface area contributed by atoms with Crippen LogP contribution in [0.1, 0.15) is 88.1 Å². The number of carboxylic acid groups (broad SMARTS) is 1. The topological polar surface area (TPSA) is 339 Å². The summed E-state index contributed by atoms with van der Waals surface area (Å²) >= 11 is 0. The Balaban J connectivity index is 0.902. The number of nitrogens with one attached hydrogen (secondary N) is 5. The van der Waals surface area contributed by atoms with Crippen LogP contribution in [0.25, 0.3) is 0 Å². The fourth-order valence-corrected chi connectivity index (χ4v) is 12.1. The van der Waals surface area contributed by atoms with Gasteiger partial charge in [0.2, 0.25) is 17.7 Å². The lowest BCUT2D eigenvalue weighted by molar-refractivity contribution is -0.139. The van der Waals surface area contributed by atoms with Gasteiger partial charge in [-0.05, 0) is 108 Å². The third-order valence-electron chi connectivity index (χ3n) is 17.1. The van der Waals surface area contributed by atoms with Crippen molar-refractivity contribution in [2.45, 2.75) is 96.4 Å². The predicted molar refractivity (Wildman–Crippen MR) is 368 cm³/mol. The van der Waals surface area contributed by atoms with Gasteiger partial charge in [0.25, 0.3) is 11.8 Å². The van der Waals surface area contributed by atoms with E-state index in [1.807, 2.05) is 59.5 Å². The van der Waals surface area contributed by atoms with Crippen molar-refractivity contribution >= 4 is 88.0 Å². The highest BCUT2D eigenvalue weighted by molar-refractivity contribution is 6.15. The van der Waals surface area contributed by atoms with Crippen LogP contribution >= 0.6 is 0 Å². The van der Waals surface area contributed by atoms with Gasteiger partial charge in [0.15, 0.2) is 23.0 Å². The minimum absolute atomic E-state index is 0.00815. The molecule has 0 saturated carbocycles. The fraction of sp³-hybridized carbons (Fsp3) is 0.375. The lowest BCUT2D eigenvalue weighted by atomic mass is 10.0. The Morgan fingerprint density at radius 2 is 1.32 bits per heavy atom. The molecule has 0 unspecified atom stereocenters. The Bertz CT molecular complexity index is 3980. The number of aliphatic carboxylic acids is 1. The smallest absolute Gasteiger partial charge is 0.414 e. The molecule has 27 nitrogen and oxygen atoms in total. The second kappa shape index (κ2) is 33.5. The van der Waals surface area contributed by atoms with Crippen molar-refractivity contribution < 1.29 is 81.4 Å². The van der Waals surface area contributed by atoms with Crippen LogP contribution in [-0.4, -0.2) is 157 Å². The maximum atomic E-state index is 14.8. The van der Waals surface area contributed by atoms with E-state index in [9.17, 15) is 38.4 Å². The average molecular weight is 1360 g/mol. The number of nitrogens with zero attached hydrogens (tertiary/aromatic N) is 4. The average Bonchev–Trinajstić information content (AvgIpc) is 1.63. The highest BCUT2D eigenvalue weighted by atomic mass is 16.6. The van der Waals surface area contributed by atoms with Crippen LogP contribution in [0.4, 0.5) is 43.7 Å². The first-order valence-corrected chi connectivity index (χ1v) is 32.7. The first kappa shape index (κ1) is 71.0. The Morgan fingerprint density at radius 3 is 1.99 bits per heavy atom. The number of benzene rings is 6. The number of carbonyl (C=O) groups excluding carboxylic acids is 7. The zero-order valence-corrected chi connectivity index (χ0v) is 55.8. The lowest BCUT2D eigenvalue weighted by Crippen LogP contribution is -2.54. The van der Waals surface area contributed by atoms with E-state index in [1.165, 1.54) is 19.1 Å². The number of primary amides is 1. The van der Waals surface area contributed by atoms with Crippen LogP contribution in [0.15, 0.2) is 120 Å². The monoisotopic (exact) mass is 1360 g/mol. The van der Waals surface area contributed by atoms with Crippen LogP contribution in [0.5, 0.6) is 23.0 Å². The number of aliphatic imine (C=N–C) groups is 1.